The summed E-state index contributed by atoms with van der Waals surface area (Å²) in [6, 6.07) is 16.2. The zero-order valence-electron chi connectivity index (χ0n) is 15.6. The third-order valence-corrected chi connectivity index (χ3v) is 4.33. The quantitative estimate of drug-likeness (QED) is 0.538. The normalized spacial score (nSPS) is 10.4. The third kappa shape index (κ3) is 6.03. The van der Waals surface area contributed by atoms with Crippen LogP contribution in [0.2, 0.25) is 0 Å². The SMILES string of the molecule is CNC(=O)c1cc(-c2ccccc2)ccc1CCCCCCOC(C)=O. The predicted octanol–water partition coefficient (Wildman–Crippen LogP) is 4.38. The Morgan fingerprint density at radius 3 is 2.35 bits per heavy atom. The van der Waals surface area contributed by atoms with E-state index >= 15 is 0 Å². The molecule has 26 heavy (non-hydrogen) atoms. The molecule has 1 N–H and O–H groups in total. The molecule has 0 aliphatic rings. The van der Waals surface area contributed by atoms with Crippen molar-refractivity contribution in [2.45, 2.75) is 39.0 Å². The van der Waals surface area contributed by atoms with Gasteiger partial charge in [0.2, 0.25) is 0 Å². The largest absolute Gasteiger partial charge is 0.466 e. The van der Waals surface area contributed by atoms with Crippen LogP contribution in [0.1, 0.15) is 48.5 Å². The van der Waals surface area contributed by atoms with Gasteiger partial charge in [-0.2, -0.15) is 0 Å². The van der Waals surface area contributed by atoms with Gasteiger partial charge < -0.3 is 10.1 Å². The molecule has 0 fully saturated rings. The van der Waals surface area contributed by atoms with Gasteiger partial charge in [-0.3, -0.25) is 9.59 Å². The van der Waals surface area contributed by atoms with Gasteiger partial charge in [-0.1, -0.05) is 55.3 Å². The van der Waals surface area contributed by atoms with Gasteiger partial charge in [0.25, 0.3) is 5.91 Å². The number of nitrogens with one attached hydrogen (secondary N) is 1. The summed E-state index contributed by atoms with van der Waals surface area (Å²) in [5.74, 6) is -0.272. The van der Waals surface area contributed by atoms with E-state index in [1.54, 1.807) is 7.05 Å². The maximum Gasteiger partial charge on any atom is 0.302 e. The zero-order valence-corrected chi connectivity index (χ0v) is 15.6. The molecule has 4 nitrogen and oxygen atoms in total. The van der Waals surface area contributed by atoms with Crippen LogP contribution >= 0.6 is 0 Å². The molecule has 2 aromatic carbocycles. The summed E-state index contributed by atoms with van der Waals surface area (Å²) >= 11 is 0. The average molecular weight is 353 g/mol. The first-order valence-corrected chi connectivity index (χ1v) is 9.15. The summed E-state index contributed by atoms with van der Waals surface area (Å²) in [5, 5.41) is 2.74. The molecule has 0 atom stereocenters. The fourth-order valence-electron chi connectivity index (χ4n) is 2.94. The molecule has 4 heteroatoms. The molecule has 1 amide bonds. The molecule has 2 aromatic rings. The molecule has 0 saturated heterocycles. The molecule has 0 bridgehead atoms. The van der Waals surface area contributed by atoms with Crippen LogP contribution in [-0.2, 0) is 16.0 Å². The van der Waals surface area contributed by atoms with E-state index in [4.69, 9.17) is 4.74 Å². The lowest BCUT2D eigenvalue weighted by Crippen LogP contribution is -2.19. The summed E-state index contributed by atoms with van der Waals surface area (Å²) in [5.41, 5.74) is 3.97. The van der Waals surface area contributed by atoms with E-state index in [1.807, 2.05) is 36.4 Å². The van der Waals surface area contributed by atoms with Gasteiger partial charge in [0, 0.05) is 19.5 Å². The Bertz CT molecular complexity index is 725. The van der Waals surface area contributed by atoms with Crippen LogP contribution in [0.15, 0.2) is 48.5 Å². The van der Waals surface area contributed by atoms with Crippen LogP contribution in [0.3, 0.4) is 0 Å². The molecule has 2 rings (SSSR count). The molecular weight excluding hydrogens is 326 g/mol. The first kappa shape index (κ1) is 19.7. The van der Waals surface area contributed by atoms with Crippen LogP contribution < -0.4 is 5.32 Å². The molecule has 0 unspecified atom stereocenters. The lowest BCUT2D eigenvalue weighted by atomic mass is 9.95. The number of carbonyl (C=O) groups excluding carboxylic acids is 2. The van der Waals surface area contributed by atoms with Crippen LogP contribution in [0.4, 0.5) is 0 Å². The fraction of sp³-hybridized carbons (Fsp3) is 0.364. The number of unbranched alkanes of at least 4 members (excludes halogenated alkanes) is 3. The molecule has 0 aliphatic carbocycles. The van der Waals surface area contributed by atoms with Gasteiger partial charge in [0.1, 0.15) is 0 Å². The number of amides is 1. The second-order valence-corrected chi connectivity index (χ2v) is 6.32. The highest BCUT2D eigenvalue weighted by Crippen LogP contribution is 2.24. The first-order valence-electron chi connectivity index (χ1n) is 9.15. The van der Waals surface area contributed by atoms with Gasteiger partial charge in [0.05, 0.1) is 6.61 Å². The number of hydrogen-bond acceptors (Lipinski definition) is 3. The Morgan fingerprint density at radius 1 is 0.923 bits per heavy atom. The second kappa shape index (κ2) is 10.4. The van der Waals surface area contributed by atoms with E-state index in [1.165, 1.54) is 6.92 Å². The lowest BCUT2D eigenvalue weighted by Gasteiger charge is -2.11. The van der Waals surface area contributed by atoms with Gasteiger partial charge >= 0.3 is 5.97 Å². The third-order valence-electron chi connectivity index (χ3n) is 4.33. The molecule has 0 saturated carbocycles. The van der Waals surface area contributed by atoms with E-state index in [-0.39, 0.29) is 11.9 Å². The zero-order chi connectivity index (χ0) is 18.8. The molecule has 0 spiro atoms. The maximum atomic E-state index is 12.3. The predicted molar refractivity (Wildman–Crippen MR) is 104 cm³/mol. The minimum atomic E-state index is -0.223. The van der Waals surface area contributed by atoms with Crippen molar-refractivity contribution >= 4 is 11.9 Å². The van der Waals surface area contributed by atoms with Crippen molar-refractivity contribution in [2.75, 3.05) is 13.7 Å². The summed E-state index contributed by atoms with van der Waals surface area (Å²) in [6.07, 6.45) is 4.83. The highest BCUT2D eigenvalue weighted by Gasteiger charge is 2.11. The van der Waals surface area contributed by atoms with Crippen LogP contribution in [0.25, 0.3) is 11.1 Å². The van der Waals surface area contributed by atoms with E-state index in [9.17, 15) is 9.59 Å². The summed E-state index contributed by atoms with van der Waals surface area (Å²) in [4.78, 5) is 23.0. The van der Waals surface area contributed by atoms with Crippen molar-refractivity contribution in [3.05, 3.63) is 59.7 Å². The first-order chi connectivity index (χ1) is 12.6. The van der Waals surface area contributed by atoms with Crippen molar-refractivity contribution in [1.82, 2.24) is 5.32 Å². The van der Waals surface area contributed by atoms with Crippen LogP contribution in [0.5, 0.6) is 0 Å². The van der Waals surface area contributed by atoms with Gasteiger partial charge in [-0.05, 0) is 42.0 Å². The smallest absolute Gasteiger partial charge is 0.302 e. The molecular formula is C22H27NO3. The fourth-order valence-corrected chi connectivity index (χ4v) is 2.94. The summed E-state index contributed by atoms with van der Waals surface area (Å²) in [7, 11) is 1.66. The highest BCUT2D eigenvalue weighted by molar-refractivity contribution is 5.96. The number of ether oxygens (including phenoxy) is 1. The number of rotatable bonds is 9. The number of hydrogen-bond donors (Lipinski definition) is 1. The minimum absolute atomic E-state index is 0.0485. The van der Waals surface area contributed by atoms with Crippen molar-refractivity contribution < 1.29 is 14.3 Å². The van der Waals surface area contributed by atoms with E-state index < -0.39 is 0 Å². The summed E-state index contributed by atoms with van der Waals surface area (Å²) < 4.78 is 4.94. The van der Waals surface area contributed by atoms with Crippen LogP contribution in [-0.4, -0.2) is 25.5 Å². The Labute approximate surface area is 155 Å². The molecule has 0 heterocycles. The Hall–Kier alpha value is -2.62. The lowest BCUT2D eigenvalue weighted by molar-refractivity contribution is -0.141. The monoisotopic (exact) mass is 353 g/mol. The Morgan fingerprint density at radius 2 is 1.65 bits per heavy atom. The van der Waals surface area contributed by atoms with Gasteiger partial charge in [0.15, 0.2) is 0 Å². The van der Waals surface area contributed by atoms with Crippen molar-refractivity contribution in [3.63, 3.8) is 0 Å². The van der Waals surface area contributed by atoms with E-state index in [2.05, 4.69) is 17.4 Å². The highest BCUT2D eigenvalue weighted by atomic mass is 16.5. The standard InChI is InChI=1S/C22H27NO3/c1-17(24)26-15-9-4-3-6-12-19-13-14-20(16-21(19)22(25)23-2)18-10-7-5-8-11-18/h5,7-8,10-11,13-14,16H,3-4,6,9,12,15H2,1-2H3,(H,23,25). The number of esters is 1. The number of aryl methyl sites for hydroxylation is 1. The van der Waals surface area contributed by atoms with E-state index in [0.29, 0.717) is 6.61 Å². The molecule has 0 radical (unpaired) electrons. The minimum Gasteiger partial charge on any atom is -0.466 e. The Kier molecular flexibility index (Phi) is 7.87. The molecule has 0 aromatic heterocycles. The van der Waals surface area contributed by atoms with Gasteiger partial charge in [-0.25, -0.2) is 0 Å². The second-order valence-electron chi connectivity index (χ2n) is 6.32. The molecule has 0 aliphatic heterocycles. The Balaban J connectivity index is 1.97. The van der Waals surface area contributed by atoms with Crippen molar-refractivity contribution in [3.8, 4) is 11.1 Å². The number of benzene rings is 2. The van der Waals surface area contributed by atoms with Crippen molar-refractivity contribution in [1.29, 1.82) is 0 Å². The van der Waals surface area contributed by atoms with Gasteiger partial charge in [-0.15, -0.1) is 0 Å². The average Bonchev–Trinajstić information content (AvgIpc) is 2.67. The van der Waals surface area contributed by atoms with E-state index in [0.717, 1.165) is 54.4 Å². The maximum absolute atomic E-state index is 12.3. The van der Waals surface area contributed by atoms with Crippen molar-refractivity contribution in [2.24, 2.45) is 0 Å². The molecule has 138 valence electrons. The van der Waals surface area contributed by atoms with Crippen LogP contribution in [0, 0.1) is 0 Å². The number of carbonyl (C=O) groups is 2. The summed E-state index contributed by atoms with van der Waals surface area (Å²) in [6.45, 7) is 1.92. The topological polar surface area (TPSA) is 55.4 Å².